The summed E-state index contributed by atoms with van der Waals surface area (Å²) in [4.78, 5) is 0. The Bertz CT molecular complexity index is 775. The van der Waals surface area contributed by atoms with E-state index >= 15 is 0 Å². The van der Waals surface area contributed by atoms with Gasteiger partial charge in [-0.2, -0.15) is 5.10 Å². The van der Waals surface area contributed by atoms with Crippen LogP contribution in [0.2, 0.25) is 0 Å². The maximum absolute atomic E-state index is 14.4. The maximum Gasteiger partial charge on any atom is 0.573 e. The van der Waals surface area contributed by atoms with E-state index in [4.69, 9.17) is 4.74 Å². The van der Waals surface area contributed by atoms with Crippen LogP contribution in [0, 0.1) is 6.92 Å². The fraction of sp³-hybridized carbons (Fsp3) is 0.389. The number of halogens is 4. The van der Waals surface area contributed by atoms with Gasteiger partial charge >= 0.3 is 6.36 Å². The second-order valence-electron chi connectivity index (χ2n) is 6.04. The van der Waals surface area contributed by atoms with Crippen LogP contribution in [0.4, 0.5) is 17.6 Å². The van der Waals surface area contributed by atoms with Gasteiger partial charge in [0.05, 0.1) is 5.69 Å². The van der Waals surface area contributed by atoms with Crippen LogP contribution < -0.4 is 4.74 Å². The van der Waals surface area contributed by atoms with E-state index in [-0.39, 0.29) is 11.8 Å². The van der Waals surface area contributed by atoms with Gasteiger partial charge in [0.25, 0.3) is 0 Å². The molecule has 1 aliphatic rings. The summed E-state index contributed by atoms with van der Waals surface area (Å²) in [5.41, 5.74) is 1.41. The molecule has 0 saturated carbocycles. The van der Waals surface area contributed by atoms with Gasteiger partial charge in [0.1, 0.15) is 17.8 Å². The average Bonchev–Trinajstić information content (AvgIpc) is 2.95. The first-order chi connectivity index (χ1) is 12.3. The number of hydrogen-bond donors (Lipinski definition) is 0. The Labute approximate surface area is 148 Å². The van der Waals surface area contributed by atoms with E-state index in [0.717, 1.165) is 37.1 Å². The summed E-state index contributed by atoms with van der Waals surface area (Å²) in [5.74, 6) is -0.999. The lowest BCUT2D eigenvalue weighted by Gasteiger charge is -2.23. The molecule has 0 aliphatic carbocycles. The Kier molecular flexibility index (Phi) is 5.31. The Balaban J connectivity index is 1.75. The van der Waals surface area contributed by atoms with Crippen molar-refractivity contribution in [1.29, 1.82) is 0 Å². The van der Waals surface area contributed by atoms with Crippen LogP contribution >= 0.6 is 0 Å². The van der Waals surface area contributed by atoms with Gasteiger partial charge in [-0.05, 0) is 56.5 Å². The van der Waals surface area contributed by atoms with Gasteiger partial charge < -0.3 is 9.47 Å². The van der Waals surface area contributed by atoms with Crippen molar-refractivity contribution in [2.75, 3.05) is 6.61 Å². The number of benzene rings is 1. The number of nitrogens with zero attached hydrogens (tertiary/aromatic N) is 2. The molecule has 0 radical (unpaired) electrons. The standard InChI is InChI=1S/C18H18F4N2O2/c1-12-10-14(23-24(12)17-4-2-3-9-25-17)11-16(19)13-5-7-15(8-6-13)26-18(20,21)22/h5-8,10-11,17H,2-4,9H2,1H3. The highest BCUT2D eigenvalue weighted by Crippen LogP contribution is 2.27. The highest BCUT2D eigenvalue weighted by Gasteiger charge is 2.31. The molecule has 0 spiro atoms. The van der Waals surface area contributed by atoms with Gasteiger partial charge in [-0.1, -0.05) is 0 Å². The molecule has 26 heavy (non-hydrogen) atoms. The largest absolute Gasteiger partial charge is 0.573 e. The normalized spacial score (nSPS) is 18.8. The molecule has 1 atom stereocenters. The smallest absolute Gasteiger partial charge is 0.406 e. The van der Waals surface area contributed by atoms with Gasteiger partial charge in [0.15, 0.2) is 0 Å². The molecule has 1 fully saturated rings. The zero-order valence-electron chi connectivity index (χ0n) is 14.1. The second-order valence-corrected chi connectivity index (χ2v) is 6.04. The molecule has 0 bridgehead atoms. The van der Waals surface area contributed by atoms with E-state index in [1.807, 2.05) is 6.92 Å². The number of aryl methyl sites for hydroxylation is 1. The van der Waals surface area contributed by atoms with Gasteiger partial charge in [-0.3, -0.25) is 0 Å². The van der Waals surface area contributed by atoms with Crippen LogP contribution in [0.15, 0.2) is 30.3 Å². The molecule has 3 rings (SSSR count). The molecule has 2 heterocycles. The van der Waals surface area contributed by atoms with Crippen LogP contribution in [0.5, 0.6) is 5.75 Å². The first-order valence-corrected chi connectivity index (χ1v) is 8.23. The van der Waals surface area contributed by atoms with Crippen molar-refractivity contribution in [1.82, 2.24) is 9.78 Å². The lowest BCUT2D eigenvalue weighted by atomic mass is 10.1. The summed E-state index contributed by atoms with van der Waals surface area (Å²) in [6.45, 7) is 2.54. The topological polar surface area (TPSA) is 36.3 Å². The third-order valence-corrected chi connectivity index (χ3v) is 4.01. The molecule has 1 aliphatic heterocycles. The fourth-order valence-corrected chi connectivity index (χ4v) is 2.82. The molecule has 2 aromatic rings. The van der Waals surface area contributed by atoms with Gasteiger partial charge in [0, 0.05) is 23.9 Å². The highest BCUT2D eigenvalue weighted by atomic mass is 19.4. The minimum atomic E-state index is -4.78. The molecule has 0 N–H and O–H groups in total. The average molecular weight is 370 g/mol. The quantitative estimate of drug-likeness (QED) is 0.689. The molecule has 140 valence electrons. The van der Waals surface area contributed by atoms with Gasteiger partial charge in [-0.25, -0.2) is 9.07 Å². The number of ether oxygens (including phenoxy) is 2. The number of aromatic nitrogens is 2. The summed E-state index contributed by atoms with van der Waals surface area (Å²) < 4.78 is 62.0. The summed E-state index contributed by atoms with van der Waals surface area (Å²) in [6, 6.07) is 6.31. The van der Waals surface area contributed by atoms with Crippen molar-refractivity contribution in [2.24, 2.45) is 0 Å². The molecule has 1 aromatic carbocycles. The Hall–Kier alpha value is -2.35. The minimum absolute atomic E-state index is 0.139. The van der Waals surface area contributed by atoms with E-state index in [2.05, 4.69) is 9.84 Å². The SMILES string of the molecule is Cc1cc(C=C(F)c2ccc(OC(F)(F)F)cc2)nn1C1CCCCO1. The molecule has 1 saturated heterocycles. The lowest BCUT2D eigenvalue weighted by Crippen LogP contribution is -2.20. The predicted octanol–water partition coefficient (Wildman–Crippen LogP) is 5.26. The van der Waals surface area contributed by atoms with Crippen molar-refractivity contribution in [3.63, 3.8) is 0 Å². The number of rotatable bonds is 4. The molecule has 8 heteroatoms. The van der Waals surface area contributed by atoms with E-state index in [9.17, 15) is 17.6 Å². The van der Waals surface area contributed by atoms with Crippen LogP contribution in [-0.2, 0) is 4.74 Å². The minimum Gasteiger partial charge on any atom is -0.406 e. The Morgan fingerprint density at radius 3 is 2.62 bits per heavy atom. The fourth-order valence-electron chi connectivity index (χ4n) is 2.82. The van der Waals surface area contributed by atoms with E-state index in [0.29, 0.717) is 12.3 Å². The molecular weight excluding hydrogens is 352 g/mol. The Morgan fingerprint density at radius 2 is 2.00 bits per heavy atom. The van der Waals surface area contributed by atoms with Crippen LogP contribution in [0.1, 0.15) is 42.4 Å². The summed E-state index contributed by atoms with van der Waals surface area (Å²) in [6.07, 6.45) is -0.752. The van der Waals surface area contributed by atoms with Crippen molar-refractivity contribution < 1.29 is 27.0 Å². The van der Waals surface area contributed by atoms with Crippen molar-refractivity contribution in [3.05, 3.63) is 47.3 Å². The molecule has 4 nitrogen and oxygen atoms in total. The second kappa shape index (κ2) is 7.49. The molecule has 1 aromatic heterocycles. The molecular formula is C18H18F4N2O2. The van der Waals surface area contributed by atoms with Crippen molar-refractivity contribution in [3.8, 4) is 5.75 Å². The number of alkyl halides is 3. The summed E-state index contributed by atoms with van der Waals surface area (Å²) in [5, 5.41) is 4.37. The Morgan fingerprint density at radius 1 is 1.27 bits per heavy atom. The van der Waals surface area contributed by atoms with Crippen molar-refractivity contribution >= 4 is 11.9 Å². The van der Waals surface area contributed by atoms with Crippen LogP contribution in [0.3, 0.4) is 0 Å². The third-order valence-electron chi connectivity index (χ3n) is 4.01. The first kappa shape index (κ1) is 18.4. The highest BCUT2D eigenvalue weighted by molar-refractivity contribution is 5.75. The summed E-state index contributed by atoms with van der Waals surface area (Å²) in [7, 11) is 0. The monoisotopic (exact) mass is 370 g/mol. The van der Waals surface area contributed by atoms with Crippen molar-refractivity contribution in [2.45, 2.75) is 38.8 Å². The zero-order valence-corrected chi connectivity index (χ0v) is 14.1. The molecule has 1 unspecified atom stereocenters. The predicted molar refractivity (Wildman–Crippen MR) is 87.9 cm³/mol. The van der Waals surface area contributed by atoms with Crippen LogP contribution in [-0.4, -0.2) is 22.7 Å². The maximum atomic E-state index is 14.4. The van der Waals surface area contributed by atoms with E-state index < -0.39 is 17.9 Å². The van der Waals surface area contributed by atoms with E-state index in [1.165, 1.54) is 18.2 Å². The van der Waals surface area contributed by atoms with E-state index in [1.54, 1.807) is 10.7 Å². The lowest BCUT2D eigenvalue weighted by molar-refractivity contribution is -0.274. The summed E-state index contributed by atoms with van der Waals surface area (Å²) >= 11 is 0. The third kappa shape index (κ3) is 4.63. The number of hydrogen-bond acceptors (Lipinski definition) is 3. The first-order valence-electron chi connectivity index (χ1n) is 8.23. The van der Waals surface area contributed by atoms with Crippen LogP contribution in [0.25, 0.3) is 11.9 Å². The molecule has 0 amide bonds. The van der Waals surface area contributed by atoms with Gasteiger partial charge in [-0.15, -0.1) is 13.2 Å². The van der Waals surface area contributed by atoms with Gasteiger partial charge in [0.2, 0.25) is 0 Å². The zero-order chi connectivity index (χ0) is 18.7.